The van der Waals surface area contributed by atoms with Gasteiger partial charge >= 0.3 is 44.3 Å². The molecule has 0 N–H and O–H groups in total. The van der Waals surface area contributed by atoms with E-state index in [2.05, 4.69) is 15.2 Å². The van der Waals surface area contributed by atoms with E-state index in [0.717, 1.165) is 4.27 Å². The number of hydrogen-bond donors (Lipinski definition) is 0. The Morgan fingerprint density at radius 2 is 2.50 bits per heavy atom. The second kappa shape index (κ2) is 1.49. The molecule has 0 unspecified atom stereocenters. The Kier molecular flexibility index (Phi) is 0.985. The van der Waals surface area contributed by atoms with E-state index < -0.39 is 0 Å². The van der Waals surface area contributed by atoms with Crippen LogP contribution < -0.4 is 0 Å². The monoisotopic (exact) mass is 260 g/mol. The van der Waals surface area contributed by atoms with E-state index >= 15 is 0 Å². The predicted octanol–water partition coefficient (Wildman–Crippen LogP) is 0.115. The number of nitrogens with zero attached hydrogens (tertiary/aromatic N) is 3. The van der Waals surface area contributed by atoms with Crippen molar-refractivity contribution in [1.82, 2.24) is 0 Å². The molecule has 6 heavy (non-hydrogen) atoms. The van der Waals surface area contributed by atoms with Gasteiger partial charge in [0.15, 0.2) is 0 Å². The molecule has 0 aromatic rings. The molecule has 0 fully saturated rings. The molecule has 0 bridgehead atoms. The average molecular weight is 259 g/mol. The maximum absolute atomic E-state index is 3.69. The SMILES string of the molecule is [Ir]=[C]1N=CN=N1. The summed E-state index contributed by atoms with van der Waals surface area (Å²) >= 11 is 1.80. The van der Waals surface area contributed by atoms with Gasteiger partial charge in [-0.05, 0) is 0 Å². The first-order chi connectivity index (χ1) is 2.89. The van der Waals surface area contributed by atoms with E-state index in [4.69, 9.17) is 0 Å². The van der Waals surface area contributed by atoms with Crippen LogP contribution in [0.15, 0.2) is 15.2 Å². The van der Waals surface area contributed by atoms with Gasteiger partial charge in [0.1, 0.15) is 0 Å². The zero-order valence-electron chi connectivity index (χ0n) is 2.75. The van der Waals surface area contributed by atoms with Crippen molar-refractivity contribution in [3.05, 3.63) is 0 Å². The van der Waals surface area contributed by atoms with Gasteiger partial charge < -0.3 is 0 Å². The van der Waals surface area contributed by atoms with Crippen molar-refractivity contribution < 1.29 is 18.4 Å². The maximum atomic E-state index is 3.69. The summed E-state index contributed by atoms with van der Waals surface area (Å²) in [6.45, 7) is 0. The number of aliphatic imine (C=N–C) groups is 1. The van der Waals surface area contributed by atoms with Crippen LogP contribution in [0, 0.1) is 0 Å². The molecule has 0 atom stereocenters. The minimum absolute atomic E-state index is 0.731. The third-order valence-electron chi connectivity index (χ3n) is 0.346. The molecule has 0 spiro atoms. The molecule has 0 radical (unpaired) electrons. The molecule has 1 aliphatic rings. The molecule has 4 heteroatoms. The van der Waals surface area contributed by atoms with Crippen molar-refractivity contribution in [2.24, 2.45) is 15.2 Å². The van der Waals surface area contributed by atoms with E-state index in [0.29, 0.717) is 0 Å². The molecule has 0 saturated carbocycles. The first kappa shape index (κ1) is 3.96. The fourth-order valence-electron chi connectivity index (χ4n) is 0.168. The Balaban J connectivity index is 2.86. The van der Waals surface area contributed by atoms with Crippen LogP contribution in [0.1, 0.15) is 0 Å². The summed E-state index contributed by atoms with van der Waals surface area (Å²) in [6, 6.07) is 0. The zero-order valence-corrected chi connectivity index (χ0v) is 5.15. The first-order valence-electron chi connectivity index (χ1n) is 1.33. The molecule has 3 nitrogen and oxygen atoms in total. The second-order valence-corrected chi connectivity index (χ2v) is 1.78. The molecule has 1 aliphatic heterocycles. The average Bonchev–Trinajstić information content (AvgIpc) is 1.86. The van der Waals surface area contributed by atoms with Gasteiger partial charge in [0.2, 0.25) is 0 Å². The van der Waals surface area contributed by atoms with Gasteiger partial charge in [-0.3, -0.25) is 0 Å². The molecular weight excluding hydrogens is 258 g/mol. The number of rotatable bonds is 0. The Hall–Kier alpha value is -0.211. The summed E-state index contributed by atoms with van der Waals surface area (Å²) in [6.07, 6.45) is 1.43. The van der Waals surface area contributed by atoms with E-state index in [-0.39, 0.29) is 0 Å². The molecular formula is C2HIrN3. The summed E-state index contributed by atoms with van der Waals surface area (Å²) in [7, 11) is 0. The zero-order chi connectivity index (χ0) is 4.41. The fourth-order valence-corrected chi connectivity index (χ4v) is 0.444. The van der Waals surface area contributed by atoms with Gasteiger partial charge in [0, 0.05) is 0 Å². The molecule has 0 aromatic heterocycles. The van der Waals surface area contributed by atoms with Gasteiger partial charge in [-0.1, -0.05) is 0 Å². The number of azo groups is 1. The van der Waals surface area contributed by atoms with Crippen LogP contribution in [0.4, 0.5) is 0 Å². The molecule has 1 rings (SSSR count). The Morgan fingerprint density at radius 3 is 2.67 bits per heavy atom. The summed E-state index contributed by atoms with van der Waals surface area (Å²) in [5.74, 6) is 0. The molecule has 1 heterocycles. The van der Waals surface area contributed by atoms with Crippen molar-refractivity contribution >= 4 is 10.6 Å². The van der Waals surface area contributed by atoms with Gasteiger partial charge in [-0.2, -0.15) is 0 Å². The van der Waals surface area contributed by atoms with Gasteiger partial charge in [0.25, 0.3) is 0 Å². The van der Waals surface area contributed by atoms with Crippen molar-refractivity contribution in [2.75, 3.05) is 0 Å². The van der Waals surface area contributed by atoms with Crippen molar-refractivity contribution in [1.29, 1.82) is 0 Å². The summed E-state index contributed by atoms with van der Waals surface area (Å²) in [4.78, 5) is 3.69. The second-order valence-electron chi connectivity index (χ2n) is 0.709. The fraction of sp³-hybridized carbons (Fsp3) is 0. The normalized spacial score (nSPS) is 17.2. The van der Waals surface area contributed by atoms with Crippen molar-refractivity contribution in [2.45, 2.75) is 0 Å². The summed E-state index contributed by atoms with van der Waals surface area (Å²) in [5.41, 5.74) is 0. The van der Waals surface area contributed by atoms with Crippen LogP contribution in [-0.2, 0) is 18.4 Å². The van der Waals surface area contributed by atoms with E-state index in [1.54, 1.807) is 18.4 Å². The van der Waals surface area contributed by atoms with Crippen LogP contribution in [0.2, 0.25) is 0 Å². The Labute approximate surface area is 44.9 Å². The molecule has 0 amide bonds. The Bertz CT molecular complexity index is 111. The third kappa shape index (κ3) is 0.640. The van der Waals surface area contributed by atoms with Crippen LogP contribution in [0.25, 0.3) is 0 Å². The van der Waals surface area contributed by atoms with Crippen LogP contribution in [0.5, 0.6) is 0 Å². The van der Waals surface area contributed by atoms with Gasteiger partial charge in [0.05, 0.1) is 0 Å². The summed E-state index contributed by atoms with van der Waals surface area (Å²) < 4.78 is 0.731. The van der Waals surface area contributed by atoms with E-state index in [9.17, 15) is 0 Å². The quantitative estimate of drug-likeness (QED) is 0.592. The van der Waals surface area contributed by atoms with Crippen LogP contribution in [0.3, 0.4) is 0 Å². The van der Waals surface area contributed by atoms with Crippen molar-refractivity contribution in [3.63, 3.8) is 0 Å². The Morgan fingerprint density at radius 1 is 1.67 bits per heavy atom. The standard InChI is InChI=1S/C2HN3.Ir/c1-3-2-5-4-1;/h1H;. The molecule has 0 saturated heterocycles. The van der Waals surface area contributed by atoms with Crippen LogP contribution >= 0.6 is 0 Å². The molecule has 33 valence electrons. The summed E-state index contributed by atoms with van der Waals surface area (Å²) in [5, 5.41) is 7.02. The predicted molar refractivity (Wildman–Crippen MR) is 18.4 cm³/mol. The number of hydrogen-bond acceptors (Lipinski definition) is 3. The molecule has 0 aliphatic carbocycles. The van der Waals surface area contributed by atoms with Crippen LogP contribution in [-0.4, -0.2) is 10.6 Å². The third-order valence-corrected chi connectivity index (χ3v) is 0.895. The topological polar surface area (TPSA) is 37.1 Å². The van der Waals surface area contributed by atoms with Gasteiger partial charge in [-0.25, -0.2) is 0 Å². The van der Waals surface area contributed by atoms with Crippen molar-refractivity contribution in [3.8, 4) is 0 Å². The molecule has 0 aromatic carbocycles. The first-order valence-corrected chi connectivity index (χ1v) is 2.53. The minimum atomic E-state index is 0.731. The van der Waals surface area contributed by atoms with E-state index in [1.807, 2.05) is 0 Å². The van der Waals surface area contributed by atoms with Gasteiger partial charge in [-0.15, -0.1) is 0 Å². The van der Waals surface area contributed by atoms with E-state index in [1.165, 1.54) is 6.34 Å².